The molecule has 0 unspecified atom stereocenters. The molecule has 0 bridgehead atoms. The van der Waals surface area contributed by atoms with Crippen molar-refractivity contribution in [2.45, 2.75) is 6.42 Å². The maximum absolute atomic E-state index is 11.8. The number of ether oxygens (including phenoxy) is 8. The maximum Gasteiger partial charge on any atom is 0.282 e. The van der Waals surface area contributed by atoms with Gasteiger partial charge in [-0.25, -0.2) is 0 Å². The highest BCUT2D eigenvalue weighted by molar-refractivity contribution is 7.81. The molecule has 0 aromatic rings. The molecular weight excluding hydrogens is 523 g/mol. The minimum Gasteiger partial charge on any atom is -0.445 e. The molecule has 0 aliphatic carbocycles. The summed E-state index contributed by atoms with van der Waals surface area (Å²) >= 11 is 3.86. The summed E-state index contributed by atoms with van der Waals surface area (Å²) in [6, 6.07) is 0. The summed E-state index contributed by atoms with van der Waals surface area (Å²) in [6.07, 6.45) is 0.274. The second kappa shape index (κ2) is 32.2. The molecule has 0 aromatic carbocycles. The van der Waals surface area contributed by atoms with Crippen molar-refractivity contribution in [2.24, 2.45) is 0 Å². The number of rotatable bonds is 31. The minimum atomic E-state index is -0.120. The van der Waals surface area contributed by atoms with Gasteiger partial charge in [-0.05, 0) is 0 Å². The number of nitrogens with one attached hydrogen (secondary N) is 2. The van der Waals surface area contributed by atoms with E-state index in [1.165, 1.54) is 0 Å². The third-order valence-corrected chi connectivity index (χ3v) is 4.62. The van der Waals surface area contributed by atoms with E-state index in [0.29, 0.717) is 125 Å². The highest BCUT2D eigenvalue weighted by atomic mass is 32.1. The van der Waals surface area contributed by atoms with Crippen LogP contribution in [0.3, 0.4) is 0 Å². The van der Waals surface area contributed by atoms with Crippen LogP contribution in [0, 0.1) is 0 Å². The minimum absolute atomic E-state index is 0.0952. The van der Waals surface area contributed by atoms with E-state index in [2.05, 4.69) is 27.9 Å². The summed E-state index contributed by atoms with van der Waals surface area (Å²) in [4.78, 5) is 22.7. The zero-order valence-corrected chi connectivity index (χ0v) is 23.3. The van der Waals surface area contributed by atoms with Gasteiger partial charge < -0.3 is 53.2 Å². The molecule has 0 aliphatic rings. The summed E-state index contributed by atoms with van der Waals surface area (Å²) < 4.78 is 47.2. The van der Waals surface area contributed by atoms with Gasteiger partial charge in [0.25, 0.3) is 8.05 Å². The van der Waals surface area contributed by atoms with Gasteiger partial charge in [-0.3, -0.25) is 9.59 Å². The van der Waals surface area contributed by atoms with Gasteiger partial charge in [0.05, 0.1) is 118 Å². The van der Waals surface area contributed by atoms with Crippen molar-refractivity contribution in [1.82, 2.24) is 10.6 Å². The Labute approximate surface area is 233 Å². The first kappa shape index (κ1) is 37.0. The largest absolute Gasteiger partial charge is 0.445 e. The molecule has 13 nitrogen and oxygen atoms in total. The van der Waals surface area contributed by atoms with Crippen molar-refractivity contribution in [3.63, 3.8) is 0 Å². The summed E-state index contributed by atoms with van der Waals surface area (Å²) in [6.45, 7) is 8.29. The number of carbonyl (C=O) groups is 2. The van der Waals surface area contributed by atoms with Gasteiger partial charge in [0.15, 0.2) is 0 Å². The zero-order chi connectivity index (χ0) is 27.8. The van der Waals surface area contributed by atoms with E-state index in [1.54, 1.807) is 0 Å². The Kier molecular flexibility index (Phi) is 31.4. The first-order valence-electron chi connectivity index (χ1n) is 12.8. The van der Waals surface area contributed by atoms with Crippen molar-refractivity contribution in [3.05, 3.63) is 0 Å². The Hall–Kier alpha value is -1.01. The molecule has 15 heteroatoms. The number of hydrogen-bond acceptors (Lipinski definition) is 12. The lowest BCUT2D eigenvalue weighted by molar-refractivity contribution is -0.122. The fourth-order valence-electron chi connectivity index (χ4n) is 2.47. The lowest BCUT2D eigenvalue weighted by Gasteiger charge is -2.09. The van der Waals surface area contributed by atoms with Crippen molar-refractivity contribution < 1.29 is 52.1 Å². The van der Waals surface area contributed by atoms with Gasteiger partial charge in [0.2, 0.25) is 11.8 Å². The zero-order valence-electron chi connectivity index (χ0n) is 22.4. The normalized spacial score (nSPS) is 11.1. The topological polar surface area (TPSA) is 141 Å². The van der Waals surface area contributed by atoms with Crippen LogP contribution >= 0.6 is 12.6 Å². The van der Waals surface area contributed by atoms with Gasteiger partial charge in [0.1, 0.15) is 0 Å². The molecule has 0 spiro atoms. The van der Waals surface area contributed by atoms with Crippen LogP contribution in [-0.4, -0.2) is 151 Å². The smallest absolute Gasteiger partial charge is 0.282 e. The molecule has 0 aliphatic heterocycles. The number of carbonyl (C=O) groups excluding carboxylic acids is 2. The average Bonchev–Trinajstić information content (AvgIpc) is 2.92. The van der Waals surface area contributed by atoms with Crippen LogP contribution in [0.1, 0.15) is 6.42 Å². The third-order valence-electron chi connectivity index (χ3n) is 4.33. The molecule has 0 atom stereocenters. The average molecular weight is 568 g/mol. The standard InChI is InChI=1S/C23H45BN2O11S/c24-37-20-19-36-18-17-35-16-15-33-11-8-30-5-2-25-22(27)1-4-29-7-10-32-13-14-34-12-9-31-6-3-26-23(28)21-38/h38H,1-21H2,(H,25,27)(H,26,28). The Morgan fingerprint density at radius 3 is 1.16 bits per heavy atom. The van der Waals surface area contributed by atoms with Crippen LogP contribution < -0.4 is 10.6 Å². The van der Waals surface area contributed by atoms with Gasteiger partial charge >= 0.3 is 0 Å². The first-order valence-corrected chi connectivity index (χ1v) is 13.4. The Bertz CT molecular complexity index is 528. The van der Waals surface area contributed by atoms with E-state index in [1.807, 2.05) is 0 Å². The Morgan fingerprint density at radius 2 is 0.789 bits per heavy atom. The second-order valence-electron chi connectivity index (χ2n) is 7.38. The molecule has 222 valence electrons. The molecule has 2 radical (unpaired) electrons. The molecule has 0 saturated heterocycles. The fourth-order valence-corrected chi connectivity index (χ4v) is 2.58. The van der Waals surface area contributed by atoms with Crippen molar-refractivity contribution in [3.8, 4) is 0 Å². The van der Waals surface area contributed by atoms with Crippen molar-refractivity contribution in [2.75, 3.05) is 131 Å². The van der Waals surface area contributed by atoms with Gasteiger partial charge in [-0.15, -0.1) is 0 Å². The van der Waals surface area contributed by atoms with E-state index in [0.717, 1.165) is 0 Å². The van der Waals surface area contributed by atoms with Crippen molar-refractivity contribution >= 4 is 32.5 Å². The summed E-state index contributed by atoms with van der Waals surface area (Å²) in [7, 11) is 4.88. The summed E-state index contributed by atoms with van der Waals surface area (Å²) in [5.41, 5.74) is 0. The van der Waals surface area contributed by atoms with Crippen LogP contribution in [0.4, 0.5) is 0 Å². The predicted molar refractivity (Wildman–Crippen MR) is 143 cm³/mol. The molecule has 38 heavy (non-hydrogen) atoms. The SMILES string of the molecule is [B]OCCOCCOCCOCCOCCNC(=O)CCOCCOCCOCCOCCNC(=O)CS. The maximum atomic E-state index is 11.8. The van der Waals surface area contributed by atoms with Crippen molar-refractivity contribution in [1.29, 1.82) is 0 Å². The van der Waals surface area contributed by atoms with Gasteiger partial charge in [0, 0.05) is 19.5 Å². The van der Waals surface area contributed by atoms with Crippen LogP contribution in [0.15, 0.2) is 0 Å². The molecule has 2 amide bonds. The summed E-state index contributed by atoms with van der Waals surface area (Å²) in [5.74, 6) is -0.0472. The highest BCUT2D eigenvalue weighted by Crippen LogP contribution is 1.87. The first-order chi connectivity index (χ1) is 18.7. The molecule has 0 rings (SSSR count). The lowest BCUT2D eigenvalue weighted by Crippen LogP contribution is -2.28. The van der Waals surface area contributed by atoms with E-state index < -0.39 is 0 Å². The Morgan fingerprint density at radius 1 is 0.474 bits per heavy atom. The number of hydrogen-bond donors (Lipinski definition) is 3. The summed E-state index contributed by atoms with van der Waals surface area (Å²) in [5, 5.41) is 5.42. The molecule has 0 saturated carbocycles. The lowest BCUT2D eigenvalue weighted by atomic mass is 10.4. The van der Waals surface area contributed by atoms with E-state index in [-0.39, 0.29) is 24.0 Å². The highest BCUT2D eigenvalue weighted by Gasteiger charge is 2.01. The molecule has 2 N–H and O–H groups in total. The molecule has 0 fully saturated rings. The Balaban J connectivity index is 3.16. The molecular formula is C23H45BN2O11S. The van der Waals surface area contributed by atoms with Gasteiger partial charge in [-0.1, -0.05) is 0 Å². The number of thiol groups is 1. The van der Waals surface area contributed by atoms with Crippen LogP contribution in [0.2, 0.25) is 0 Å². The van der Waals surface area contributed by atoms with Crippen LogP contribution in [0.25, 0.3) is 0 Å². The number of amides is 2. The van der Waals surface area contributed by atoms with Gasteiger partial charge in [-0.2, -0.15) is 12.6 Å². The van der Waals surface area contributed by atoms with E-state index >= 15 is 0 Å². The van der Waals surface area contributed by atoms with E-state index in [4.69, 9.17) is 45.9 Å². The van der Waals surface area contributed by atoms with Crippen LogP contribution in [0.5, 0.6) is 0 Å². The second-order valence-corrected chi connectivity index (χ2v) is 7.69. The monoisotopic (exact) mass is 568 g/mol. The molecule has 0 heterocycles. The fraction of sp³-hybridized carbons (Fsp3) is 0.913. The predicted octanol–water partition coefficient (Wildman–Crippen LogP) is -1.23. The van der Waals surface area contributed by atoms with E-state index in [9.17, 15) is 9.59 Å². The molecule has 0 aromatic heterocycles. The quantitative estimate of drug-likeness (QED) is 0.0526. The van der Waals surface area contributed by atoms with Crippen LogP contribution in [-0.2, 0) is 52.1 Å². The third kappa shape index (κ3) is 31.2.